The number of halogens is 1. The van der Waals surface area contributed by atoms with Crippen LogP contribution in [0.15, 0.2) is 53.3 Å². The zero-order valence-electron chi connectivity index (χ0n) is 15.7. The highest BCUT2D eigenvalue weighted by Crippen LogP contribution is 2.32. The van der Waals surface area contributed by atoms with Crippen molar-refractivity contribution in [1.82, 2.24) is 15.0 Å². The van der Waals surface area contributed by atoms with E-state index in [1.54, 1.807) is 6.20 Å². The van der Waals surface area contributed by atoms with Crippen molar-refractivity contribution in [2.45, 2.75) is 26.4 Å². The molecule has 4 rings (SSSR count). The first kappa shape index (κ1) is 18.4. The fourth-order valence-corrected chi connectivity index (χ4v) is 3.41. The van der Waals surface area contributed by atoms with E-state index in [9.17, 15) is 4.79 Å². The van der Waals surface area contributed by atoms with Gasteiger partial charge in [-0.25, -0.2) is 14.8 Å². The monoisotopic (exact) mass is 438 g/mol. The zero-order chi connectivity index (χ0) is 19.9. The fraction of sp³-hybridized carbons (Fsp3) is 0.190. The number of H-pyrrole nitrogens is 1. The van der Waals surface area contributed by atoms with Gasteiger partial charge in [0.05, 0.1) is 5.69 Å². The average Bonchev–Trinajstić information content (AvgIpc) is 3.00. The number of ether oxygens (including phenoxy) is 1. The van der Waals surface area contributed by atoms with Crippen molar-refractivity contribution in [1.29, 1.82) is 0 Å². The Morgan fingerprint density at radius 3 is 2.75 bits per heavy atom. The van der Waals surface area contributed by atoms with Gasteiger partial charge in [0.2, 0.25) is 0 Å². The maximum atomic E-state index is 12.2. The van der Waals surface area contributed by atoms with Crippen LogP contribution in [-0.4, -0.2) is 26.6 Å². The van der Waals surface area contributed by atoms with E-state index < -0.39 is 11.7 Å². The van der Waals surface area contributed by atoms with Gasteiger partial charge in [-0.2, -0.15) is 0 Å². The van der Waals surface area contributed by atoms with Crippen molar-refractivity contribution < 1.29 is 9.53 Å². The van der Waals surface area contributed by atoms with Gasteiger partial charge in [-0.05, 0) is 54.2 Å². The van der Waals surface area contributed by atoms with Crippen molar-refractivity contribution in [3.8, 4) is 11.3 Å². The number of carbonyl (C=O) groups excluding carboxylic acids is 1. The maximum absolute atomic E-state index is 12.2. The number of nitrogens with one attached hydrogen (secondary N) is 2. The molecule has 0 unspecified atom stereocenters. The molecule has 142 valence electrons. The Bertz CT molecular complexity index is 1190. The number of benzene rings is 1. The summed E-state index contributed by atoms with van der Waals surface area (Å²) >= 11 is 3.53. The van der Waals surface area contributed by atoms with Gasteiger partial charge in [0, 0.05) is 33.2 Å². The van der Waals surface area contributed by atoms with E-state index in [1.807, 2.05) is 63.4 Å². The molecule has 0 aliphatic heterocycles. The summed E-state index contributed by atoms with van der Waals surface area (Å²) < 4.78 is 6.28. The summed E-state index contributed by atoms with van der Waals surface area (Å²) in [5.41, 5.74) is 1.81. The van der Waals surface area contributed by atoms with Crippen LogP contribution in [0.4, 0.5) is 10.6 Å². The second kappa shape index (κ2) is 6.91. The molecule has 28 heavy (non-hydrogen) atoms. The van der Waals surface area contributed by atoms with Crippen LogP contribution in [0.1, 0.15) is 20.8 Å². The molecule has 0 aliphatic rings. The molecular formula is C21H19BrN4O2. The van der Waals surface area contributed by atoms with E-state index in [4.69, 9.17) is 4.74 Å². The number of hydrogen-bond donors (Lipinski definition) is 2. The van der Waals surface area contributed by atoms with E-state index in [1.165, 1.54) is 0 Å². The van der Waals surface area contributed by atoms with Crippen LogP contribution in [-0.2, 0) is 4.74 Å². The minimum absolute atomic E-state index is 0.427. The zero-order valence-corrected chi connectivity index (χ0v) is 17.3. The van der Waals surface area contributed by atoms with Gasteiger partial charge in [-0.3, -0.25) is 5.32 Å². The highest BCUT2D eigenvalue weighted by atomic mass is 79.9. The van der Waals surface area contributed by atoms with Crippen LogP contribution >= 0.6 is 15.9 Å². The number of aromatic amines is 1. The number of nitrogens with zero attached hydrogens (tertiary/aromatic N) is 2. The lowest BCUT2D eigenvalue weighted by atomic mass is 10.0. The molecule has 0 saturated carbocycles. The van der Waals surface area contributed by atoms with Gasteiger partial charge in [0.15, 0.2) is 0 Å². The number of amides is 1. The molecule has 6 nitrogen and oxygen atoms in total. The number of hydrogen-bond acceptors (Lipinski definition) is 4. The lowest BCUT2D eigenvalue weighted by Crippen LogP contribution is -2.27. The first-order valence-electron chi connectivity index (χ1n) is 8.83. The number of anilines is 1. The summed E-state index contributed by atoms with van der Waals surface area (Å²) in [4.78, 5) is 24.5. The molecule has 0 saturated heterocycles. The summed E-state index contributed by atoms with van der Waals surface area (Å²) in [6.07, 6.45) is 3.09. The minimum atomic E-state index is -0.584. The number of fused-ring (bicyclic) bond motifs is 2. The van der Waals surface area contributed by atoms with Crippen LogP contribution in [0.2, 0.25) is 0 Å². The third-order valence-corrected chi connectivity index (χ3v) is 4.78. The number of pyridine rings is 2. The Labute approximate surface area is 170 Å². The molecule has 0 radical (unpaired) electrons. The lowest BCUT2D eigenvalue weighted by molar-refractivity contribution is 0.0635. The summed E-state index contributed by atoms with van der Waals surface area (Å²) in [6, 6.07) is 11.8. The van der Waals surface area contributed by atoms with Crippen molar-refractivity contribution in [3.63, 3.8) is 0 Å². The quantitative estimate of drug-likeness (QED) is 0.408. The van der Waals surface area contributed by atoms with Crippen LogP contribution in [0, 0.1) is 0 Å². The summed E-state index contributed by atoms with van der Waals surface area (Å²) in [6.45, 7) is 5.46. The molecular weight excluding hydrogens is 420 g/mol. The van der Waals surface area contributed by atoms with Crippen LogP contribution in [0.5, 0.6) is 0 Å². The molecule has 0 aliphatic carbocycles. The largest absolute Gasteiger partial charge is 0.444 e. The third kappa shape index (κ3) is 3.71. The normalized spacial score (nSPS) is 11.7. The van der Waals surface area contributed by atoms with E-state index >= 15 is 0 Å². The average molecular weight is 439 g/mol. The van der Waals surface area contributed by atoms with Gasteiger partial charge in [-0.1, -0.05) is 24.3 Å². The van der Waals surface area contributed by atoms with Crippen molar-refractivity contribution in [2.24, 2.45) is 0 Å². The molecule has 4 aromatic rings. The molecule has 1 aromatic carbocycles. The minimum Gasteiger partial charge on any atom is -0.444 e. The SMILES string of the molecule is CC(C)(C)OC(=O)Nc1cc2ccccc2c(-c2cnc3[nH]cc(Br)c3c2)n1. The molecule has 0 spiro atoms. The molecule has 0 fully saturated rings. The lowest BCUT2D eigenvalue weighted by Gasteiger charge is -2.19. The molecule has 0 bridgehead atoms. The third-order valence-electron chi connectivity index (χ3n) is 4.12. The number of aromatic nitrogens is 3. The van der Waals surface area contributed by atoms with Crippen LogP contribution in [0.25, 0.3) is 33.1 Å². The van der Waals surface area contributed by atoms with Crippen molar-refractivity contribution in [2.75, 3.05) is 5.32 Å². The summed E-state index contributed by atoms with van der Waals surface area (Å²) in [5, 5.41) is 5.64. The Morgan fingerprint density at radius 2 is 1.96 bits per heavy atom. The van der Waals surface area contributed by atoms with Gasteiger partial charge >= 0.3 is 6.09 Å². The Balaban J connectivity index is 1.82. The molecule has 3 heterocycles. The first-order valence-corrected chi connectivity index (χ1v) is 9.62. The highest BCUT2D eigenvalue weighted by Gasteiger charge is 2.18. The molecule has 3 aromatic heterocycles. The van der Waals surface area contributed by atoms with Crippen molar-refractivity contribution >= 4 is 49.6 Å². The predicted molar refractivity (Wildman–Crippen MR) is 114 cm³/mol. The molecule has 2 N–H and O–H groups in total. The van der Waals surface area contributed by atoms with Gasteiger partial charge in [0.1, 0.15) is 17.1 Å². The van der Waals surface area contributed by atoms with Crippen LogP contribution in [0.3, 0.4) is 0 Å². The first-order chi connectivity index (χ1) is 13.3. The summed E-state index contributed by atoms with van der Waals surface area (Å²) in [5.74, 6) is 0.427. The standard InChI is InChI=1S/C21H19BrN4O2/c1-21(2,3)28-20(27)26-17-9-12-6-4-5-7-14(12)18(25-17)13-8-15-16(22)11-24-19(15)23-10-13/h4-11H,1-3H3,(H,23,24)(H,25,26,27). The molecule has 7 heteroatoms. The van der Waals surface area contributed by atoms with E-state index in [2.05, 4.69) is 36.2 Å². The predicted octanol–water partition coefficient (Wildman–Crippen LogP) is 5.89. The second-order valence-electron chi connectivity index (χ2n) is 7.46. The Hall–Kier alpha value is -2.93. The van der Waals surface area contributed by atoms with Gasteiger partial charge in [-0.15, -0.1) is 0 Å². The van der Waals surface area contributed by atoms with Crippen LogP contribution < -0.4 is 5.32 Å². The van der Waals surface area contributed by atoms with Gasteiger partial charge < -0.3 is 9.72 Å². The highest BCUT2D eigenvalue weighted by molar-refractivity contribution is 9.10. The maximum Gasteiger partial charge on any atom is 0.413 e. The van der Waals surface area contributed by atoms with E-state index in [0.717, 1.165) is 37.5 Å². The second-order valence-corrected chi connectivity index (χ2v) is 8.32. The number of carbonyl (C=O) groups is 1. The topological polar surface area (TPSA) is 79.9 Å². The fourth-order valence-electron chi connectivity index (χ4n) is 2.99. The Kier molecular flexibility index (Phi) is 4.55. The summed E-state index contributed by atoms with van der Waals surface area (Å²) in [7, 11) is 0. The van der Waals surface area contributed by atoms with Gasteiger partial charge in [0.25, 0.3) is 0 Å². The van der Waals surface area contributed by atoms with E-state index in [-0.39, 0.29) is 0 Å². The molecule has 1 amide bonds. The smallest absolute Gasteiger partial charge is 0.413 e. The van der Waals surface area contributed by atoms with E-state index in [0.29, 0.717) is 5.82 Å². The van der Waals surface area contributed by atoms with Crippen molar-refractivity contribution in [3.05, 3.63) is 53.3 Å². The molecule has 0 atom stereocenters. The Morgan fingerprint density at radius 1 is 1.18 bits per heavy atom. The number of rotatable bonds is 2.